The summed E-state index contributed by atoms with van der Waals surface area (Å²) < 4.78 is 5.91. The van der Waals surface area contributed by atoms with E-state index in [9.17, 15) is 5.11 Å². The monoisotopic (exact) mass is 269 g/mol. The number of hydrogen-bond acceptors (Lipinski definition) is 3. The zero-order valence-corrected chi connectivity index (χ0v) is 12.5. The number of nitrogens with one attached hydrogen (secondary N) is 1. The van der Waals surface area contributed by atoms with Gasteiger partial charge in [-0.2, -0.15) is 0 Å². The first-order chi connectivity index (χ1) is 9.30. The van der Waals surface area contributed by atoms with Crippen molar-refractivity contribution in [2.24, 2.45) is 11.8 Å². The molecule has 0 aromatic rings. The largest absolute Gasteiger partial charge is 0.394 e. The van der Waals surface area contributed by atoms with Crippen molar-refractivity contribution < 1.29 is 9.84 Å². The highest BCUT2D eigenvalue weighted by molar-refractivity contribution is 4.97. The predicted molar refractivity (Wildman–Crippen MR) is 78.2 cm³/mol. The van der Waals surface area contributed by atoms with Crippen LogP contribution < -0.4 is 5.32 Å². The third-order valence-corrected chi connectivity index (χ3v) is 5.43. The van der Waals surface area contributed by atoms with E-state index in [1.54, 1.807) is 0 Å². The van der Waals surface area contributed by atoms with Gasteiger partial charge in [-0.25, -0.2) is 0 Å². The van der Waals surface area contributed by atoms with Crippen molar-refractivity contribution in [2.75, 3.05) is 26.9 Å². The SMILES string of the molecule is CNC1(CO)CCCC1CCOCC1CCCCC1. The molecule has 2 N–H and O–H groups in total. The molecule has 0 aromatic carbocycles. The van der Waals surface area contributed by atoms with Gasteiger partial charge in [-0.05, 0) is 51.0 Å². The van der Waals surface area contributed by atoms with Crippen LogP contribution in [0.25, 0.3) is 0 Å². The highest BCUT2D eigenvalue weighted by atomic mass is 16.5. The van der Waals surface area contributed by atoms with Crippen LogP contribution in [0.15, 0.2) is 0 Å². The molecule has 0 aromatic heterocycles. The first kappa shape index (κ1) is 15.3. The van der Waals surface area contributed by atoms with Gasteiger partial charge in [0.25, 0.3) is 0 Å². The Kier molecular flexibility index (Phi) is 6.11. The second-order valence-corrected chi connectivity index (χ2v) is 6.52. The van der Waals surface area contributed by atoms with Crippen molar-refractivity contribution in [1.29, 1.82) is 0 Å². The molecule has 0 heterocycles. The van der Waals surface area contributed by atoms with Crippen LogP contribution in [0.4, 0.5) is 0 Å². The summed E-state index contributed by atoms with van der Waals surface area (Å²) in [6.07, 6.45) is 11.6. The molecule has 0 amide bonds. The maximum absolute atomic E-state index is 9.64. The molecule has 2 rings (SSSR count). The molecule has 2 aliphatic rings. The number of ether oxygens (including phenoxy) is 1. The number of aliphatic hydroxyl groups is 1. The lowest BCUT2D eigenvalue weighted by Crippen LogP contribution is -2.49. The van der Waals surface area contributed by atoms with Crippen LogP contribution >= 0.6 is 0 Å². The van der Waals surface area contributed by atoms with Gasteiger partial charge in [0.15, 0.2) is 0 Å². The van der Waals surface area contributed by atoms with Gasteiger partial charge >= 0.3 is 0 Å². The highest BCUT2D eigenvalue weighted by Crippen LogP contribution is 2.37. The van der Waals surface area contributed by atoms with E-state index in [0.29, 0.717) is 5.92 Å². The summed E-state index contributed by atoms with van der Waals surface area (Å²) in [6, 6.07) is 0. The highest BCUT2D eigenvalue weighted by Gasteiger charge is 2.40. The topological polar surface area (TPSA) is 41.5 Å². The maximum Gasteiger partial charge on any atom is 0.0615 e. The summed E-state index contributed by atoms with van der Waals surface area (Å²) in [7, 11) is 1.98. The smallest absolute Gasteiger partial charge is 0.0615 e. The van der Waals surface area contributed by atoms with E-state index < -0.39 is 0 Å². The van der Waals surface area contributed by atoms with Gasteiger partial charge in [-0.15, -0.1) is 0 Å². The molecule has 2 fully saturated rings. The lowest BCUT2D eigenvalue weighted by molar-refractivity contribution is 0.0577. The lowest BCUT2D eigenvalue weighted by Gasteiger charge is -2.33. The number of hydrogen-bond donors (Lipinski definition) is 2. The molecule has 2 unspecified atom stereocenters. The van der Waals surface area contributed by atoms with E-state index >= 15 is 0 Å². The molecular weight excluding hydrogens is 238 g/mol. The molecule has 0 aliphatic heterocycles. The summed E-state index contributed by atoms with van der Waals surface area (Å²) in [5, 5.41) is 13.0. The van der Waals surface area contributed by atoms with Crippen molar-refractivity contribution >= 4 is 0 Å². The van der Waals surface area contributed by atoms with Gasteiger partial charge in [0.05, 0.1) is 6.61 Å². The van der Waals surface area contributed by atoms with Crippen molar-refractivity contribution in [3.63, 3.8) is 0 Å². The number of likely N-dealkylation sites (N-methyl/N-ethyl adjacent to an activating group) is 1. The maximum atomic E-state index is 9.64. The molecular formula is C16H31NO2. The van der Waals surface area contributed by atoms with Gasteiger partial charge in [-0.3, -0.25) is 0 Å². The molecule has 0 spiro atoms. The quantitative estimate of drug-likeness (QED) is 0.698. The normalized spacial score (nSPS) is 32.8. The summed E-state index contributed by atoms with van der Waals surface area (Å²) in [5.74, 6) is 1.39. The Labute approximate surface area is 118 Å². The Morgan fingerprint density at radius 2 is 1.95 bits per heavy atom. The fraction of sp³-hybridized carbons (Fsp3) is 1.00. The minimum atomic E-state index is -0.0335. The standard InChI is InChI=1S/C16H31NO2/c1-17-16(13-18)10-5-8-15(16)9-11-19-12-14-6-3-2-4-7-14/h14-15,17-18H,2-13H2,1H3. The minimum Gasteiger partial charge on any atom is -0.394 e. The van der Waals surface area contributed by atoms with E-state index in [-0.39, 0.29) is 12.1 Å². The third-order valence-electron chi connectivity index (χ3n) is 5.43. The van der Waals surface area contributed by atoms with Crippen LogP contribution in [0.1, 0.15) is 57.8 Å². The molecule has 19 heavy (non-hydrogen) atoms. The molecule has 2 saturated carbocycles. The number of aliphatic hydroxyl groups excluding tert-OH is 1. The van der Waals surface area contributed by atoms with Crippen molar-refractivity contribution in [1.82, 2.24) is 5.32 Å². The Bertz CT molecular complexity index is 247. The van der Waals surface area contributed by atoms with Crippen LogP contribution in [-0.4, -0.2) is 37.5 Å². The van der Waals surface area contributed by atoms with E-state index in [1.165, 1.54) is 44.9 Å². The first-order valence-corrected chi connectivity index (χ1v) is 8.18. The summed E-state index contributed by atoms with van der Waals surface area (Å²) >= 11 is 0. The molecule has 3 heteroatoms. The van der Waals surface area contributed by atoms with Gasteiger partial charge in [0.1, 0.15) is 0 Å². The van der Waals surface area contributed by atoms with E-state index in [2.05, 4.69) is 5.32 Å². The second kappa shape index (κ2) is 7.61. The molecule has 0 saturated heterocycles. The average Bonchev–Trinajstić information content (AvgIpc) is 2.88. The Morgan fingerprint density at radius 1 is 1.16 bits per heavy atom. The van der Waals surface area contributed by atoms with E-state index in [1.807, 2.05) is 7.05 Å². The molecule has 0 radical (unpaired) electrons. The fourth-order valence-corrected chi connectivity index (χ4v) is 4.01. The molecule has 0 bridgehead atoms. The zero-order chi connectivity index (χ0) is 13.6. The Hall–Kier alpha value is -0.120. The van der Waals surface area contributed by atoms with Gasteiger partial charge in [-0.1, -0.05) is 25.7 Å². The molecule has 3 nitrogen and oxygen atoms in total. The van der Waals surface area contributed by atoms with Crippen molar-refractivity contribution in [3.8, 4) is 0 Å². The average molecular weight is 269 g/mol. The van der Waals surface area contributed by atoms with Crippen molar-refractivity contribution in [3.05, 3.63) is 0 Å². The predicted octanol–water partition coefficient (Wildman–Crippen LogP) is 2.72. The minimum absolute atomic E-state index is 0.0335. The van der Waals surface area contributed by atoms with Crippen LogP contribution in [0, 0.1) is 11.8 Å². The fourth-order valence-electron chi connectivity index (χ4n) is 4.01. The molecule has 2 atom stereocenters. The number of rotatable bonds is 7. The summed E-state index contributed by atoms with van der Waals surface area (Å²) in [5.41, 5.74) is -0.0335. The van der Waals surface area contributed by atoms with Crippen LogP contribution in [0.2, 0.25) is 0 Å². The Morgan fingerprint density at radius 3 is 2.63 bits per heavy atom. The second-order valence-electron chi connectivity index (χ2n) is 6.52. The lowest BCUT2D eigenvalue weighted by atomic mass is 9.85. The van der Waals surface area contributed by atoms with Gasteiger partial charge < -0.3 is 15.2 Å². The van der Waals surface area contributed by atoms with E-state index in [0.717, 1.165) is 32.0 Å². The summed E-state index contributed by atoms with van der Waals surface area (Å²) in [6.45, 7) is 2.08. The molecule has 112 valence electrons. The Balaban J connectivity index is 1.64. The zero-order valence-electron chi connectivity index (χ0n) is 12.5. The van der Waals surface area contributed by atoms with Crippen molar-refractivity contribution in [2.45, 2.75) is 63.3 Å². The molecule has 2 aliphatic carbocycles. The van der Waals surface area contributed by atoms with Crippen LogP contribution in [0.5, 0.6) is 0 Å². The van der Waals surface area contributed by atoms with Crippen LogP contribution in [0.3, 0.4) is 0 Å². The van der Waals surface area contributed by atoms with Gasteiger partial charge in [0, 0.05) is 18.8 Å². The van der Waals surface area contributed by atoms with Crippen LogP contribution in [-0.2, 0) is 4.74 Å². The third kappa shape index (κ3) is 3.93. The van der Waals surface area contributed by atoms with Gasteiger partial charge in [0.2, 0.25) is 0 Å². The summed E-state index contributed by atoms with van der Waals surface area (Å²) in [4.78, 5) is 0. The first-order valence-electron chi connectivity index (χ1n) is 8.18. The van der Waals surface area contributed by atoms with E-state index in [4.69, 9.17) is 4.74 Å².